The summed E-state index contributed by atoms with van der Waals surface area (Å²) in [5, 5.41) is 8.78. The molecule has 0 saturated carbocycles. The Labute approximate surface area is 145 Å². The first-order valence-corrected chi connectivity index (χ1v) is 9.44. The normalized spacial score (nSPS) is 19.4. The number of thiazole rings is 1. The van der Waals surface area contributed by atoms with Crippen molar-refractivity contribution in [3.8, 4) is 6.07 Å². The average Bonchev–Trinajstić information content (AvgIpc) is 3.06. The summed E-state index contributed by atoms with van der Waals surface area (Å²) < 4.78 is 0. The summed E-state index contributed by atoms with van der Waals surface area (Å²) in [6.45, 7) is 12.4. The number of aryl methyl sites for hydroxylation is 1. The first-order chi connectivity index (χ1) is 10.9. The van der Waals surface area contributed by atoms with E-state index in [2.05, 4.69) is 48.7 Å². The van der Waals surface area contributed by atoms with E-state index < -0.39 is 0 Å². The second-order valence-corrected chi connectivity index (χ2v) is 8.71. The van der Waals surface area contributed by atoms with E-state index in [0.717, 1.165) is 32.0 Å². The van der Waals surface area contributed by atoms with Crippen LogP contribution in [0.2, 0.25) is 0 Å². The van der Waals surface area contributed by atoms with Crippen LogP contribution in [0.4, 0.5) is 0 Å². The van der Waals surface area contributed by atoms with Gasteiger partial charge in [0.2, 0.25) is 0 Å². The van der Waals surface area contributed by atoms with E-state index in [4.69, 9.17) is 5.26 Å². The molecule has 0 amide bonds. The summed E-state index contributed by atoms with van der Waals surface area (Å²) in [6, 6.07) is 2.28. The summed E-state index contributed by atoms with van der Waals surface area (Å²) in [4.78, 5) is 10.8. The van der Waals surface area contributed by atoms with Crippen molar-refractivity contribution in [3.05, 3.63) is 16.1 Å². The van der Waals surface area contributed by atoms with Crippen LogP contribution in [0.15, 0.2) is 5.51 Å². The van der Waals surface area contributed by atoms with Crippen LogP contribution in [0.3, 0.4) is 0 Å². The molecule has 1 aliphatic rings. The number of hydrogen-bond acceptors (Lipinski definition) is 5. The molecule has 1 fully saturated rings. The molecule has 0 unspecified atom stereocenters. The Kier molecular flexibility index (Phi) is 6.58. The van der Waals surface area contributed by atoms with Crippen molar-refractivity contribution in [1.82, 2.24) is 14.8 Å². The number of hydrogen-bond donors (Lipinski definition) is 0. The molecule has 1 aromatic rings. The van der Waals surface area contributed by atoms with Crippen LogP contribution in [0.25, 0.3) is 0 Å². The van der Waals surface area contributed by atoms with E-state index in [1.807, 2.05) is 5.51 Å². The molecule has 1 atom stereocenters. The van der Waals surface area contributed by atoms with Gasteiger partial charge in [-0.15, -0.1) is 11.3 Å². The van der Waals surface area contributed by atoms with Crippen LogP contribution in [0.1, 0.15) is 43.7 Å². The Bertz CT molecular complexity index is 531. The third-order valence-electron chi connectivity index (χ3n) is 4.76. The van der Waals surface area contributed by atoms with Gasteiger partial charge < -0.3 is 9.80 Å². The van der Waals surface area contributed by atoms with E-state index >= 15 is 0 Å². The van der Waals surface area contributed by atoms with Crippen LogP contribution in [-0.2, 0) is 6.54 Å². The molecule has 5 heteroatoms. The lowest BCUT2D eigenvalue weighted by Gasteiger charge is -2.30. The van der Waals surface area contributed by atoms with E-state index in [1.165, 1.54) is 30.1 Å². The average molecular weight is 335 g/mol. The van der Waals surface area contributed by atoms with Crippen molar-refractivity contribution < 1.29 is 0 Å². The summed E-state index contributed by atoms with van der Waals surface area (Å²) in [6.07, 6.45) is 2.96. The van der Waals surface area contributed by atoms with Crippen molar-refractivity contribution in [2.45, 2.75) is 46.6 Å². The lowest BCUT2D eigenvalue weighted by Crippen LogP contribution is -2.34. The lowest BCUT2D eigenvalue weighted by atomic mass is 9.87. The third kappa shape index (κ3) is 5.87. The van der Waals surface area contributed by atoms with Gasteiger partial charge in [0.25, 0.3) is 0 Å². The largest absolute Gasteiger partial charge is 0.302 e. The number of aromatic nitrogens is 1. The summed E-state index contributed by atoms with van der Waals surface area (Å²) in [5.41, 5.74) is 3.37. The number of nitriles is 1. The Morgan fingerprint density at radius 1 is 1.52 bits per heavy atom. The van der Waals surface area contributed by atoms with Crippen molar-refractivity contribution in [3.63, 3.8) is 0 Å². The molecule has 1 aliphatic heterocycles. The first-order valence-electron chi connectivity index (χ1n) is 8.56. The number of nitrogens with zero attached hydrogens (tertiary/aromatic N) is 4. The van der Waals surface area contributed by atoms with Crippen molar-refractivity contribution in [2.75, 3.05) is 33.2 Å². The van der Waals surface area contributed by atoms with Crippen molar-refractivity contribution in [2.24, 2.45) is 11.3 Å². The molecule has 2 rings (SSSR count). The topological polar surface area (TPSA) is 43.2 Å². The molecule has 1 saturated heterocycles. The summed E-state index contributed by atoms with van der Waals surface area (Å²) >= 11 is 1.76. The number of likely N-dealkylation sites (tertiary alicyclic amines) is 1. The van der Waals surface area contributed by atoms with E-state index in [-0.39, 0.29) is 5.41 Å². The molecule has 4 nitrogen and oxygen atoms in total. The predicted octanol–water partition coefficient (Wildman–Crippen LogP) is 3.54. The van der Waals surface area contributed by atoms with Gasteiger partial charge >= 0.3 is 0 Å². The highest BCUT2D eigenvalue weighted by Crippen LogP contribution is 2.27. The standard InChI is InChI=1S/C18H30N4S/c1-15-17(23-14-20-15)12-21(4)10-16-6-9-22(11-16)13-18(2,3)7-5-8-19/h14,16H,5-7,9-13H2,1-4H3/t16-/m0/s1. The molecule has 0 radical (unpaired) electrons. The monoisotopic (exact) mass is 334 g/mol. The van der Waals surface area contributed by atoms with Gasteiger partial charge in [-0.3, -0.25) is 0 Å². The fourth-order valence-corrected chi connectivity index (χ4v) is 4.37. The molecule has 23 heavy (non-hydrogen) atoms. The van der Waals surface area contributed by atoms with E-state index in [9.17, 15) is 0 Å². The molecule has 0 aromatic carbocycles. The van der Waals surface area contributed by atoms with Crippen molar-refractivity contribution in [1.29, 1.82) is 5.26 Å². The fraction of sp³-hybridized carbons (Fsp3) is 0.778. The zero-order valence-corrected chi connectivity index (χ0v) is 15.8. The minimum absolute atomic E-state index is 0.246. The zero-order valence-electron chi connectivity index (χ0n) is 15.0. The van der Waals surface area contributed by atoms with Gasteiger partial charge in [-0.1, -0.05) is 13.8 Å². The van der Waals surface area contributed by atoms with E-state index in [1.54, 1.807) is 11.3 Å². The molecular weight excluding hydrogens is 304 g/mol. The van der Waals surface area contributed by atoms with Gasteiger partial charge in [0.1, 0.15) is 0 Å². The maximum Gasteiger partial charge on any atom is 0.0798 e. The van der Waals surface area contributed by atoms with Gasteiger partial charge in [-0.2, -0.15) is 5.26 Å². The van der Waals surface area contributed by atoms with Crippen LogP contribution in [0.5, 0.6) is 0 Å². The minimum Gasteiger partial charge on any atom is -0.302 e. The third-order valence-corrected chi connectivity index (χ3v) is 5.68. The van der Waals surface area contributed by atoms with E-state index in [0.29, 0.717) is 6.42 Å². The quantitative estimate of drug-likeness (QED) is 0.729. The van der Waals surface area contributed by atoms with Crippen LogP contribution in [-0.4, -0.2) is 48.0 Å². The molecule has 0 bridgehead atoms. The van der Waals surface area contributed by atoms with Crippen LogP contribution in [0, 0.1) is 29.6 Å². The Morgan fingerprint density at radius 3 is 2.96 bits per heavy atom. The summed E-state index contributed by atoms with van der Waals surface area (Å²) in [7, 11) is 2.22. The fourth-order valence-electron chi connectivity index (χ4n) is 3.51. The molecule has 2 heterocycles. The Balaban J connectivity index is 1.74. The SMILES string of the molecule is Cc1ncsc1CN(C)C[C@@H]1CCN(CC(C)(C)CCC#N)C1. The minimum atomic E-state index is 0.246. The van der Waals surface area contributed by atoms with Gasteiger partial charge in [-0.25, -0.2) is 4.98 Å². The second kappa shape index (κ2) is 8.23. The highest BCUT2D eigenvalue weighted by atomic mass is 32.1. The highest BCUT2D eigenvalue weighted by molar-refractivity contribution is 7.09. The molecule has 0 spiro atoms. The first kappa shape index (κ1) is 18.4. The summed E-state index contributed by atoms with van der Waals surface area (Å²) in [5.74, 6) is 0.764. The van der Waals surface area contributed by atoms with Crippen LogP contribution < -0.4 is 0 Å². The maximum absolute atomic E-state index is 8.78. The second-order valence-electron chi connectivity index (χ2n) is 7.77. The Morgan fingerprint density at radius 2 is 2.30 bits per heavy atom. The predicted molar refractivity (Wildman–Crippen MR) is 96.4 cm³/mol. The molecular formula is C18H30N4S. The molecule has 1 aromatic heterocycles. The highest BCUT2D eigenvalue weighted by Gasteiger charge is 2.28. The zero-order chi connectivity index (χ0) is 16.9. The van der Waals surface area contributed by atoms with Gasteiger partial charge in [-0.05, 0) is 44.7 Å². The maximum atomic E-state index is 8.78. The van der Waals surface area contributed by atoms with Crippen molar-refractivity contribution >= 4 is 11.3 Å². The molecule has 128 valence electrons. The van der Waals surface area contributed by atoms with Gasteiger partial charge in [0, 0.05) is 37.5 Å². The van der Waals surface area contributed by atoms with Crippen LogP contribution >= 0.6 is 11.3 Å². The van der Waals surface area contributed by atoms with Gasteiger partial charge in [0.15, 0.2) is 0 Å². The molecule has 0 N–H and O–H groups in total. The Hall–Kier alpha value is -0.960. The number of rotatable bonds is 8. The van der Waals surface area contributed by atoms with Gasteiger partial charge in [0.05, 0.1) is 17.3 Å². The molecule has 0 aliphatic carbocycles. The smallest absolute Gasteiger partial charge is 0.0798 e. The lowest BCUT2D eigenvalue weighted by molar-refractivity contribution is 0.187.